The molecule has 0 bridgehead atoms. The SMILES string of the molecule is C#Cc1ccc(CN(C)C(=O)OC(C)(C)C)o1. The monoisotopic (exact) mass is 235 g/mol. The molecule has 1 aromatic rings. The molecule has 17 heavy (non-hydrogen) atoms. The highest BCUT2D eigenvalue weighted by atomic mass is 16.6. The van der Waals surface area contributed by atoms with Crippen molar-refractivity contribution in [2.75, 3.05) is 7.05 Å². The minimum atomic E-state index is -0.502. The number of ether oxygens (including phenoxy) is 1. The van der Waals surface area contributed by atoms with Gasteiger partial charge in [0.05, 0.1) is 6.54 Å². The van der Waals surface area contributed by atoms with Crippen LogP contribution in [0.3, 0.4) is 0 Å². The molecule has 0 radical (unpaired) electrons. The number of amides is 1. The molecular weight excluding hydrogens is 218 g/mol. The Morgan fingerprint density at radius 2 is 2.18 bits per heavy atom. The number of hydrogen-bond donors (Lipinski definition) is 0. The van der Waals surface area contributed by atoms with Crippen molar-refractivity contribution in [2.45, 2.75) is 32.9 Å². The number of furan rings is 1. The number of hydrogen-bond acceptors (Lipinski definition) is 3. The third-order valence-electron chi connectivity index (χ3n) is 1.90. The Morgan fingerprint density at radius 1 is 1.53 bits per heavy atom. The van der Waals surface area contributed by atoms with E-state index in [0.29, 0.717) is 18.1 Å². The summed E-state index contributed by atoms with van der Waals surface area (Å²) in [5, 5.41) is 0. The van der Waals surface area contributed by atoms with Crippen LogP contribution in [0.4, 0.5) is 4.79 Å². The molecule has 0 aliphatic heterocycles. The zero-order chi connectivity index (χ0) is 13.1. The van der Waals surface area contributed by atoms with E-state index in [2.05, 4.69) is 5.92 Å². The van der Waals surface area contributed by atoms with Gasteiger partial charge in [0.25, 0.3) is 0 Å². The summed E-state index contributed by atoms with van der Waals surface area (Å²) in [7, 11) is 1.64. The summed E-state index contributed by atoms with van der Waals surface area (Å²) in [5.41, 5.74) is -0.502. The van der Waals surface area contributed by atoms with Gasteiger partial charge in [-0.25, -0.2) is 4.79 Å². The predicted molar refractivity (Wildman–Crippen MR) is 64.3 cm³/mol. The summed E-state index contributed by atoms with van der Waals surface area (Å²) < 4.78 is 10.5. The van der Waals surface area contributed by atoms with Crippen molar-refractivity contribution in [1.29, 1.82) is 0 Å². The van der Waals surface area contributed by atoms with E-state index in [-0.39, 0.29) is 0 Å². The summed E-state index contributed by atoms with van der Waals surface area (Å²) in [4.78, 5) is 13.1. The van der Waals surface area contributed by atoms with Crippen molar-refractivity contribution >= 4 is 6.09 Å². The van der Waals surface area contributed by atoms with Gasteiger partial charge in [-0.1, -0.05) is 0 Å². The molecule has 0 spiro atoms. The van der Waals surface area contributed by atoms with Crippen molar-refractivity contribution in [3.63, 3.8) is 0 Å². The second-order valence-corrected chi connectivity index (χ2v) is 4.75. The molecule has 4 nitrogen and oxygen atoms in total. The van der Waals surface area contributed by atoms with E-state index < -0.39 is 11.7 Å². The van der Waals surface area contributed by atoms with Crippen LogP contribution in [-0.2, 0) is 11.3 Å². The highest BCUT2D eigenvalue weighted by Crippen LogP contribution is 2.13. The lowest BCUT2D eigenvalue weighted by Gasteiger charge is -2.24. The van der Waals surface area contributed by atoms with Crippen LogP contribution in [0.1, 0.15) is 32.3 Å². The first-order chi connectivity index (χ1) is 7.81. The number of nitrogens with zero attached hydrogens (tertiary/aromatic N) is 1. The van der Waals surface area contributed by atoms with Crippen LogP contribution < -0.4 is 0 Å². The molecule has 92 valence electrons. The third-order valence-corrected chi connectivity index (χ3v) is 1.90. The van der Waals surface area contributed by atoms with Gasteiger partial charge < -0.3 is 14.1 Å². The maximum absolute atomic E-state index is 11.7. The van der Waals surface area contributed by atoms with Gasteiger partial charge in [-0.05, 0) is 38.8 Å². The standard InChI is InChI=1S/C13H17NO3/c1-6-10-7-8-11(16-10)9-14(5)12(15)17-13(2,3)4/h1,7-8H,9H2,2-5H3. The first-order valence-electron chi connectivity index (χ1n) is 5.31. The van der Waals surface area contributed by atoms with E-state index in [4.69, 9.17) is 15.6 Å². The van der Waals surface area contributed by atoms with Crippen LogP contribution in [0.5, 0.6) is 0 Å². The maximum atomic E-state index is 11.7. The molecule has 0 saturated heterocycles. The fraction of sp³-hybridized carbons (Fsp3) is 0.462. The van der Waals surface area contributed by atoms with Gasteiger partial charge in [0.2, 0.25) is 0 Å². The Kier molecular flexibility index (Phi) is 3.84. The lowest BCUT2D eigenvalue weighted by Crippen LogP contribution is -2.33. The second-order valence-electron chi connectivity index (χ2n) is 4.75. The lowest BCUT2D eigenvalue weighted by atomic mass is 10.2. The molecule has 0 aliphatic rings. The van der Waals surface area contributed by atoms with Crippen LogP contribution >= 0.6 is 0 Å². The molecule has 1 heterocycles. The number of rotatable bonds is 2. The average molecular weight is 235 g/mol. The Morgan fingerprint density at radius 3 is 2.65 bits per heavy atom. The van der Waals surface area contributed by atoms with E-state index in [1.165, 1.54) is 4.90 Å². The Hall–Kier alpha value is -1.89. The van der Waals surface area contributed by atoms with Gasteiger partial charge in [0, 0.05) is 7.05 Å². The van der Waals surface area contributed by atoms with Crippen LogP contribution in [0, 0.1) is 12.3 Å². The summed E-state index contributed by atoms with van der Waals surface area (Å²) in [6.45, 7) is 5.79. The van der Waals surface area contributed by atoms with Crippen molar-refractivity contribution in [3.8, 4) is 12.3 Å². The first kappa shape index (κ1) is 13.2. The molecule has 0 unspecified atom stereocenters. The second kappa shape index (κ2) is 4.96. The summed E-state index contributed by atoms with van der Waals surface area (Å²) in [5.74, 6) is 3.47. The van der Waals surface area contributed by atoms with Crippen LogP contribution in [-0.4, -0.2) is 23.6 Å². The maximum Gasteiger partial charge on any atom is 0.410 e. The third kappa shape index (κ3) is 4.23. The fourth-order valence-corrected chi connectivity index (χ4v) is 1.18. The average Bonchev–Trinajstić information content (AvgIpc) is 2.62. The summed E-state index contributed by atoms with van der Waals surface area (Å²) in [6, 6.07) is 3.44. The molecule has 4 heteroatoms. The molecule has 0 atom stereocenters. The van der Waals surface area contributed by atoms with Gasteiger partial charge in [0.15, 0.2) is 5.76 Å². The van der Waals surface area contributed by atoms with E-state index in [1.54, 1.807) is 19.2 Å². The Labute approximate surface area is 102 Å². The minimum absolute atomic E-state index is 0.330. The van der Waals surface area contributed by atoms with Gasteiger partial charge in [-0.3, -0.25) is 0 Å². The minimum Gasteiger partial charge on any atom is -0.451 e. The van der Waals surface area contributed by atoms with Gasteiger partial charge in [-0.2, -0.15) is 0 Å². The summed E-state index contributed by atoms with van der Waals surface area (Å²) >= 11 is 0. The molecular formula is C13H17NO3. The number of terminal acetylenes is 1. The highest BCUT2D eigenvalue weighted by Gasteiger charge is 2.20. The van der Waals surface area contributed by atoms with Crippen molar-refractivity contribution < 1.29 is 13.9 Å². The van der Waals surface area contributed by atoms with E-state index in [9.17, 15) is 4.79 Å². The van der Waals surface area contributed by atoms with Crippen molar-refractivity contribution in [3.05, 3.63) is 23.7 Å². The largest absolute Gasteiger partial charge is 0.451 e. The molecule has 0 aliphatic carbocycles. The van der Waals surface area contributed by atoms with Gasteiger partial charge in [0.1, 0.15) is 11.4 Å². The number of carbonyl (C=O) groups excluding carboxylic acids is 1. The number of carbonyl (C=O) groups is 1. The zero-order valence-corrected chi connectivity index (χ0v) is 10.6. The predicted octanol–water partition coefficient (Wildman–Crippen LogP) is 2.63. The topological polar surface area (TPSA) is 42.7 Å². The normalized spacial score (nSPS) is 10.8. The zero-order valence-electron chi connectivity index (χ0n) is 10.6. The fourth-order valence-electron chi connectivity index (χ4n) is 1.18. The van der Waals surface area contributed by atoms with Crippen molar-refractivity contribution in [1.82, 2.24) is 4.90 Å². The van der Waals surface area contributed by atoms with Crippen LogP contribution in [0.25, 0.3) is 0 Å². The molecule has 0 saturated carbocycles. The van der Waals surface area contributed by atoms with Crippen LogP contribution in [0.15, 0.2) is 16.5 Å². The molecule has 0 fully saturated rings. The molecule has 1 aromatic heterocycles. The highest BCUT2D eigenvalue weighted by molar-refractivity contribution is 5.67. The van der Waals surface area contributed by atoms with Crippen LogP contribution in [0.2, 0.25) is 0 Å². The van der Waals surface area contributed by atoms with Gasteiger partial charge >= 0.3 is 6.09 Å². The molecule has 0 N–H and O–H groups in total. The first-order valence-corrected chi connectivity index (χ1v) is 5.31. The van der Waals surface area contributed by atoms with Crippen molar-refractivity contribution in [2.24, 2.45) is 0 Å². The van der Waals surface area contributed by atoms with E-state index >= 15 is 0 Å². The Balaban J connectivity index is 2.57. The van der Waals surface area contributed by atoms with E-state index in [0.717, 1.165) is 0 Å². The quantitative estimate of drug-likeness (QED) is 0.740. The van der Waals surface area contributed by atoms with Gasteiger partial charge in [-0.15, -0.1) is 6.42 Å². The lowest BCUT2D eigenvalue weighted by molar-refractivity contribution is 0.0274. The Bertz CT molecular complexity index is 434. The smallest absolute Gasteiger partial charge is 0.410 e. The summed E-state index contributed by atoms with van der Waals surface area (Å²) in [6.07, 6.45) is 4.80. The van der Waals surface area contributed by atoms with E-state index in [1.807, 2.05) is 20.8 Å². The molecule has 0 aromatic carbocycles. The molecule has 1 rings (SSSR count). The molecule has 1 amide bonds.